The van der Waals surface area contributed by atoms with Gasteiger partial charge in [-0.15, -0.1) is 5.10 Å². The molecular formula is C21H23FN4O4. The number of aliphatic carboxylic acids is 1. The van der Waals surface area contributed by atoms with Gasteiger partial charge in [0, 0.05) is 12.0 Å². The van der Waals surface area contributed by atoms with Crippen molar-refractivity contribution in [2.24, 2.45) is 0 Å². The zero-order chi connectivity index (χ0) is 22.3. The van der Waals surface area contributed by atoms with E-state index in [-0.39, 0.29) is 11.6 Å². The van der Waals surface area contributed by atoms with Gasteiger partial charge >= 0.3 is 5.97 Å². The number of halogens is 1. The number of aromatic nitrogens is 4. The van der Waals surface area contributed by atoms with Crippen molar-refractivity contribution in [3.63, 3.8) is 0 Å². The SMILES string of the molecule is C=C(C=CC=CC(O)CC(=O)C(C(=O)O)c1ccc(F)cc1)c1nnnn1C(C)C. The molecule has 0 aliphatic heterocycles. The molecule has 0 amide bonds. The highest BCUT2D eigenvalue weighted by Crippen LogP contribution is 2.20. The molecule has 8 nitrogen and oxygen atoms in total. The van der Waals surface area contributed by atoms with Gasteiger partial charge in [0.25, 0.3) is 0 Å². The molecule has 2 unspecified atom stereocenters. The van der Waals surface area contributed by atoms with E-state index < -0.39 is 36.0 Å². The maximum absolute atomic E-state index is 13.0. The van der Waals surface area contributed by atoms with Crippen LogP contribution in [0.15, 0.2) is 55.1 Å². The van der Waals surface area contributed by atoms with Crippen LogP contribution >= 0.6 is 0 Å². The van der Waals surface area contributed by atoms with Crippen LogP contribution in [-0.2, 0) is 9.59 Å². The minimum Gasteiger partial charge on any atom is -0.480 e. The Balaban J connectivity index is 1.98. The van der Waals surface area contributed by atoms with Crippen LogP contribution in [0.5, 0.6) is 0 Å². The quantitative estimate of drug-likeness (QED) is 0.453. The number of allylic oxidation sites excluding steroid dienone is 4. The van der Waals surface area contributed by atoms with Gasteiger partial charge in [0.05, 0.1) is 12.1 Å². The number of ketones is 1. The predicted molar refractivity (Wildman–Crippen MR) is 108 cm³/mol. The highest BCUT2D eigenvalue weighted by molar-refractivity contribution is 6.04. The Hall–Kier alpha value is -3.46. The number of carbonyl (C=O) groups excluding carboxylic acids is 1. The van der Waals surface area contributed by atoms with Gasteiger partial charge in [0.2, 0.25) is 0 Å². The number of carboxylic acids is 1. The highest BCUT2D eigenvalue weighted by atomic mass is 19.1. The third-order valence-corrected chi connectivity index (χ3v) is 4.19. The Morgan fingerprint density at radius 3 is 2.50 bits per heavy atom. The average Bonchev–Trinajstić information content (AvgIpc) is 3.17. The number of hydrogen-bond acceptors (Lipinski definition) is 6. The summed E-state index contributed by atoms with van der Waals surface area (Å²) in [4.78, 5) is 23.8. The van der Waals surface area contributed by atoms with E-state index in [4.69, 9.17) is 0 Å². The van der Waals surface area contributed by atoms with Crippen LogP contribution in [0.2, 0.25) is 0 Å². The summed E-state index contributed by atoms with van der Waals surface area (Å²) in [5.41, 5.74) is 0.718. The van der Waals surface area contributed by atoms with Gasteiger partial charge in [0.1, 0.15) is 11.7 Å². The number of benzene rings is 1. The second-order valence-corrected chi connectivity index (χ2v) is 6.87. The summed E-state index contributed by atoms with van der Waals surface area (Å²) in [7, 11) is 0. The molecule has 30 heavy (non-hydrogen) atoms. The fraction of sp³-hybridized carbons (Fsp3) is 0.286. The van der Waals surface area contributed by atoms with E-state index in [1.165, 1.54) is 24.3 Å². The molecule has 0 bridgehead atoms. The molecule has 0 fully saturated rings. The van der Waals surface area contributed by atoms with Crippen molar-refractivity contribution in [2.45, 2.75) is 38.3 Å². The van der Waals surface area contributed by atoms with Gasteiger partial charge in [-0.3, -0.25) is 9.59 Å². The Bertz CT molecular complexity index is 964. The normalized spacial score (nSPS) is 13.8. The van der Waals surface area contributed by atoms with E-state index in [0.717, 1.165) is 12.1 Å². The van der Waals surface area contributed by atoms with E-state index in [1.54, 1.807) is 16.8 Å². The van der Waals surface area contributed by atoms with E-state index in [9.17, 15) is 24.2 Å². The lowest BCUT2D eigenvalue weighted by atomic mass is 9.91. The molecule has 1 heterocycles. The maximum Gasteiger partial charge on any atom is 0.318 e. The molecule has 9 heteroatoms. The lowest BCUT2D eigenvalue weighted by Crippen LogP contribution is -2.24. The molecule has 2 atom stereocenters. The monoisotopic (exact) mass is 414 g/mol. The number of nitrogens with zero attached hydrogens (tertiary/aromatic N) is 4. The molecule has 2 N–H and O–H groups in total. The number of aliphatic hydroxyl groups is 1. The van der Waals surface area contributed by atoms with E-state index in [2.05, 4.69) is 22.1 Å². The summed E-state index contributed by atoms with van der Waals surface area (Å²) in [6.45, 7) is 7.76. The molecule has 0 radical (unpaired) electrons. The first-order chi connectivity index (χ1) is 14.2. The Labute approximate surface area is 173 Å². The summed E-state index contributed by atoms with van der Waals surface area (Å²) >= 11 is 0. The number of rotatable bonds is 10. The zero-order valence-corrected chi connectivity index (χ0v) is 16.6. The summed E-state index contributed by atoms with van der Waals surface area (Å²) in [6, 6.07) is 4.72. The Morgan fingerprint density at radius 1 is 1.23 bits per heavy atom. The molecular weight excluding hydrogens is 391 g/mol. The molecule has 158 valence electrons. The Kier molecular flexibility index (Phi) is 7.88. The van der Waals surface area contributed by atoms with Crippen LogP contribution in [0.1, 0.15) is 43.6 Å². The second-order valence-electron chi connectivity index (χ2n) is 6.87. The van der Waals surface area contributed by atoms with Crippen molar-refractivity contribution in [3.05, 3.63) is 72.4 Å². The van der Waals surface area contributed by atoms with Crippen molar-refractivity contribution in [2.75, 3.05) is 0 Å². The summed E-state index contributed by atoms with van der Waals surface area (Å²) < 4.78 is 14.7. The molecule has 2 rings (SSSR count). The number of aliphatic hydroxyl groups excluding tert-OH is 1. The fourth-order valence-electron chi connectivity index (χ4n) is 2.70. The van der Waals surface area contributed by atoms with Crippen molar-refractivity contribution in [3.8, 4) is 0 Å². The average molecular weight is 414 g/mol. The van der Waals surface area contributed by atoms with Crippen LogP contribution in [0, 0.1) is 5.82 Å². The van der Waals surface area contributed by atoms with Gasteiger partial charge in [0.15, 0.2) is 11.6 Å². The van der Waals surface area contributed by atoms with Crippen molar-refractivity contribution >= 4 is 17.3 Å². The highest BCUT2D eigenvalue weighted by Gasteiger charge is 2.29. The number of Topliss-reactive ketones (excluding diaryl/α,β-unsaturated/α-hetero) is 1. The summed E-state index contributed by atoms with van der Waals surface area (Å²) in [5, 5.41) is 30.8. The van der Waals surface area contributed by atoms with Crippen molar-refractivity contribution in [1.29, 1.82) is 0 Å². The van der Waals surface area contributed by atoms with Crippen LogP contribution in [0.4, 0.5) is 4.39 Å². The van der Waals surface area contributed by atoms with Crippen molar-refractivity contribution < 1.29 is 24.2 Å². The lowest BCUT2D eigenvalue weighted by Gasteiger charge is -2.13. The number of carboxylic acid groups (broad SMARTS) is 1. The maximum atomic E-state index is 13.0. The number of hydrogen-bond donors (Lipinski definition) is 2. The van der Waals surface area contributed by atoms with Gasteiger partial charge in [-0.25, -0.2) is 9.07 Å². The lowest BCUT2D eigenvalue weighted by molar-refractivity contribution is -0.142. The molecule has 1 aromatic carbocycles. The summed E-state index contributed by atoms with van der Waals surface area (Å²) in [6.07, 6.45) is 4.54. The number of tetrazole rings is 1. The first-order valence-electron chi connectivity index (χ1n) is 9.21. The standard InChI is InChI=1S/C21H23FN4O4/c1-13(2)26-20(23-24-25-26)14(3)6-4-5-7-17(27)12-18(28)19(21(29)30)15-8-10-16(22)11-9-15/h4-11,13,17,19,27H,3,12H2,1-2H3,(H,29,30). The molecule has 1 aromatic heterocycles. The van der Waals surface area contributed by atoms with Crippen LogP contribution < -0.4 is 0 Å². The minimum atomic E-state index is -1.47. The summed E-state index contributed by atoms with van der Waals surface area (Å²) in [5.74, 6) is -3.54. The largest absolute Gasteiger partial charge is 0.480 e. The Morgan fingerprint density at radius 2 is 1.90 bits per heavy atom. The fourth-order valence-corrected chi connectivity index (χ4v) is 2.70. The molecule has 0 aliphatic carbocycles. The van der Waals surface area contributed by atoms with Gasteiger partial charge in [-0.05, 0) is 42.0 Å². The van der Waals surface area contributed by atoms with Crippen LogP contribution in [-0.4, -0.2) is 48.3 Å². The molecule has 0 saturated heterocycles. The van der Waals surface area contributed by atoms with Gasteiger partial charge < -0.3 is 10.2 Å². The van der Waals surface area contributed by atoms with Gasteiger partial charge in [-0.1, -0.05) is 43.0 Å². The smallest absolute Gasteiger partial charge is 0.318 e. The first kappa shape index (κ1) is 22.8. The van der Waals surface area contributed by atoms with E-state index in [0.29, 0.717) is 11.4 Å². The van der Waals surface area contributed by atoms with Crippen LogP contribution in [0.3, 0.4) is 0 Å². The topological polar surface area (TPSA) is 118 Å². The number of carbonyl (C=O) groups is 2. The zero-order valence-electron chi connectivity index (χ0n) is 16.6. The minimum absolute atomic E-state index is 0.0619. The molecule has 2 aromatic rings. The van der Waals surface area contributed by atoms with Crippen molar-refractivity contribution in [1.82, 2.24) is 20.2 Å². The molecule has 0 aliphatic rings. The molecule has 0 saturated carbocycles. The first-order valence-corrected chi connectivity index (χ1v) is 9.21. The third-order valence-electron chi connectivity index (χ3n) is 4.19. The predicted octanol–water partition coefficient (Wildman–Crippen LogP) is 2.71. The van der Waals surface area contributed by atoms with E-state index >= 15 is 0 Å². The van der Waals surface area contributed by atoms with Crippen LogP contribution in [0.25, 0.3) is 5.57 Å². The van der Waals surface area contributed by atoms with Gasteiger partial charge in [-0.2, -0.15) is 0 Å². The molecule has 0 spiro atoms. The third kappa shape index (κ3) is 6.02. The second kappa shape index (κ2) is 10.4. The van der Waals surface area contributed by atoms with E-state index in [1.807, 2.05) is 13.8 Å².